The average molecular weight is 245 g/mol. The molecule has 1 saturated heterocycles. The fraction of sp³-hybridized carbons (Fsp3) is 0.800. The lowest BCUT2D eigenvalue weighted by Gasteiger charge is -2.15. The molecule has 4 atom stereocenters. The molecule has 2 amide bonds. The average Bonchev–Trinajstić information content (AvgIpc) is 2.51. The Labute approximate surface area is 99.6 Å². The molecule has 0 aliphatic carbocycles. The summed E-state index contributed by atoms with van der Waals surface area (Å²) in [5.41, 5.74) is 0. The SMILES string of the molecule is CC(=O)NC[C@H]1N[C@H](CNC(C)=O)[C@@H](O)[C@@H]1O. The normalized spacial score (nSPS) is 32.2. The molecule has 1 aliphatic rings. The third kappa shape index (κ3) is 3.95. The van der Waals surface area contributed by atoms with Crippen LogP contribution in [0.2, 0.25) is 0 Å². The van der Waals surface area contributed by atoms with E-state index in [0.29, 0.717) is 0 Å². The van der Waals surface area contributed by atoms with Crippen molar-refractivity contribution in [3.8, 4) is 0 Å². The van der Waals surface area contributed by atoms with Gasteiger partial charge in [-0.05, 0) is 0 Å². The highest BCUT2D eigenvalue weighted by Crippen LogP contribution is 2.13. The summed E-state index contributed by atoms with van der Waals surface area (Å²) in [5, 5.41) is 27.6. The number of nitrogens with one attached hydrogen (secondary N) is 3. The molecule has 0 radical (unpaired) electrons. The molecule has 98 valence electrons. The van der Waals surface area contributed by atoms with Gasteiger partial charge in [-0.15, -0.1) is 0 Å². The van der Waals surface area contributed by atoms with Crippen molar-refractivity contribution in [3.05, 3.63) is 0 Å². The molecule has 0 unspecified atom stereocenters. The predicted octanol–water partition coefficient (Wildman–Crippen LogP) is -2.68. The van der Waals surface area contributed by atoms with Gasteiger partial charge in [0.15, 0.2) is 0 Å². The van der Waals surface area contributed by atoms with Crippen LogP contribution in [0.15, 0.2) is 0 Å². The molecule has 17 heavy (non-hydrogen) atoms. The maximum Gasteiger partial charge on any atom is 0.216 e. The number of carbonyl (C=O) groups excluding carboxylic acids is 2. The van der Waals surface area contributed by atoms with Crippen LogP contribution in [-0.2, 0) is 9.59 Å². The Morgan fingerprint density at radius 3 is 1.65 bits per heavy atom. The van der Waals surface area contributed by atoms with E-state index >= 15 is 0 Å². The predicted molar refractivity (Wildman–Crippen MR) is 60.1 cm³/mol. The van der Waals surface area contributed by atoms with Crippen molar-refractivity contribution >= 4 is 11.8 Å². The van der Waals surface area contributed by atoms with Gasteiger partial charge in [0.05, 0.1) is 24.3 Å². The monoisotopic (exact) mass is 245 g/mol. The molecule has 0 saturated carbocycles. The fourth-order valence-electron chi connectivity index (χ4n) is 1.81. The van der Waals surface area contributed by atoms with Gasteiger partial charge in [0.25, 0.3) is 0 Å². The molecule has 1 rings (SSSR count). The topological polar surface area (TPSA) is 111 Å². The van der Waals surface area contributed by atoms with Gasteiger partial charge in [-0.3, -0.25) is 9.59 Å². The minimum Gasteiger partial charge on any atom is -0.389 e. The molecule has 7 nitrogen and oxygen atoms in total. The van der Waals surface area contributed by atoms with Gasteiger partial charge in [0.2, 0.25) is 11.8 Å². The number of hydrogen-bond donors (Lipinski definition) is 5. The lowest BCUT2D eigenvalue weighted by Crippen LogP contribution is -2.45. The summed E-state index contributed by atoms with van der Waals surface area (Å²) in [7, 11) is 0. The molecule has 1 aliphatic heterocycles. The van der Waals surface area contributed by atoms with Crippen LogP contribution in [0.3, 0.4) is 0 Å². The first-order chi connectivity index (χ1) is 7.91. The second-order valence-electron chi connectivity index (χ2n) is 4.24. The standard InChI is InChI=1S/C10H19N3O4/c1-5(14)11-3-7-9(16)10(17)8(13-7)4-12-6(2)15/h7-10,13,16-17H,3-4H2,1-2H3,(H,11,14)(H,12,15)/t7-,8-,9-,10-/m1/s1. The van der Waals surface area contributed by atoms with Crippen LogP contribution in [0.25, 0.3) is 0 Å². The van der Waals surface area contributed by atoms with Gasteiger partial charge >= 0.3 is 0 Å². The van der Waals surface area contributed by atoms with Crippen molar-refractivity contribution in [3.63, 3.8) is 0 Å². The summed E-state index contributed by atoms with van der Waals surface area (Å²) in [4.78, 5) is 21.5. The molecule has 0 aromatic rings. The molecule has 7 heteroatoms. The van der Waals surface area contributed by atoms with Gasteiger partial charge in [0, 0.05) is 26.9 Å². The van der Waals surface area contributed by atoms with E-state index in [1.807, 2.05) is 0 Å². The lowest BCUT2D eigenvalue weighted by atomic mass is 10.1. The molecule has 1 fully saturated rings. The molecule has 0 aromatic carbocycles. The molecular weight excluding hydrogens is 226 g/mol. The first-order valence-corrected chi connectivity index (χ1v) is 5.53. The molecule has 5 N–H and O–H groups in total. The van der Waals surface area contributed by atoms with E-state index in [4.69, 9.17) is 0 Å². The fourth-order valence-corrected chi connectivity index (χ4v) is 1.81. The summed E-state index contributed by atoms with van der Waals surface area (Å²) in [5.74, 6) is -0.391. The van der Waals surface area contributed by atoms with Crippen molar-refractivity contribution < 1.29 is 19.8 Å². The maximum atomic E-state index is 10.7. The van der Waals surface area contributed by atoms with Crippen LogP contribution in [0.1, 0.15) is 13.8 Å². The van der Waals surface area contributed by atoms with Crippen LogP contribution < -0.4 is 16.0 Å². The van der Waals surface area contributed by atoms with Crippen LogP contribution in [0.4, 0.5) is 0 Å². The maximum absolute atomic E-state index is 10.7. The molecule has 1 heterocycles. The smallest absolute Gasteiger partial charge is 0.216 e. The van der Waals surface area contributed by atoms with E-state index in [9.17, 15) is 19.8 Å². The molecule has 0 bridgehead atoms. The van der Waals surface area contributed by atoms with E-state index in [-0.39, 0.29) is 24.9 Å². The summed E-state index contributed by atoms with van der Waals surface area (Å²) < 4.78 is 0. The van der Waals surface area contributed by atoms with Crippen LogP contribution >= 0.6 is 0 Å². The summed E-state index contributed by atoms with van der Waals surface area (Å²) in [6, 6.07) is -0.819. The Kier molecular flexibility index (Phi) is 4.86. The third-order valence-corrected chi connectivity index (χ3v) is 2.74. The minimum absolute atomic E-state index is 0.196. The van der Waals surface area contributed by atoms with Gasteiger partial charge in [-0.1, -0.05) is 0 Å². The number of hydrogen-bond acceptors (Lipinski definition) is 5. The van der Waals surface area contributed by atoms with E-state index in [2.05, 4.69) is 16.0 Å². The number of aliphatic hydroxyl groups excluding tert-OH is 2. The second kappa shape index (κ2) is 5.95. The van der Waals surface area contributed by atoms with Crippen molar-refractivity contribution in [1.29, 1.82) is 0 Å². The summed E-state index contributed by atoms with van der Waals surface area (Å²) >= 11 is 0. The summed E-state index contributed by atoms with van der Waals surface area (Å²) in [6.07, 6.45) is -1.92. The zero-order valence-corrected chi connectivity index (χ0v) is 9.93. The van der Waals surface area contributed by atoms with E-state index in [1.165, 1.54) is 13.8 Å². The van der Waals surface area contributed by atoms with Gasteiger partial charge in [-0.25, -0.2) is 0 Å². The quantitative estimate of drug-likeness (QED) is 0.371. The van der Waals surface area contributed by atoms with Crippen molar-refractivity contribution in [2.45, 2.75) is 38.1 Å². The van der Waals surface area contributed by atoms with Crippen molar-refractivity contribution in [1.82, 2.24) is 16.0 Å². The van der Waals surface area contributed by atoms with Crippen LogP contribution in [0.5, 0.6) is 0 Å². The highest BCUT2D eigenvalue weighted by molar-refractivity contribution is 5.73. The van der Waals surface area contributed by atoms with E-state index in [1.54, 1.807) is 0 Å². The number of amides is 2. The van der Waals surface area contributed by atoms with Gasteiger partial charge < -0.3 is 26.2 Å². The van der Waals surface area contributed by atoms with Crippen LogP contribution in [0, 0.1) is 0 Å². The Hall–Kier alpha value is -1.18. The third-order valence-electron chi connectivity index (χ3n) is 2.74. The van der Waals surface area contributed by atoms with E-state index < -0.39 is 24.3 Å². The largest absolute Gasteiger partial charge is 0.389 e. The zero-order valence-electron chi connectivity index (χ0n) is 9.93. The number of carbonyl (C=O) groups is 2. The summed E-state index contributed by atoms with van der Waals surface area (Å²) in [6.45, 7) is 3.24. The highest BCUT2D eigenvalue weighted by Gasteiger charge is 2.40. The number of aliphatic hydroxyl groups is 2. The lowest BCUT2D eigenvalue weighted by molar-refractivity contribution is -0.120. The highest BCUT2D eigenvalue weighted by atomic mass is 16.3. The molecular formula is C10H19N3O4. The first kappa shape index (κ1) is 13.9. The Bertz CT molecular complexity index is 269. The van der Waals surface area contributed by atoms with Gasteiger partial charge in [-0.2, -0.15) is 0 Å². The Balaban J connectivity index is 2.44. The Morgan fingerprint density at radius 1 is 1.00 bits per heavy atom. The van der Waals surface area contributed by atoms with Gasteiger partial charge in [0.1, 0.15) is 0 Å². The second-order valence-corrected chi connectivity index (χ2v) is 4.24. The molecule has 0 aromatic heterocycles. The van der Waals surface area contributed by atoms with Crippen molar-refractivity contribution in [2.75, 3.05) is 13.1 Å². The molecule has 0 spiro atoms. The first-order valence-electron chi connectivity index (χ1n) is 5.53. The number of rotatable bonds is 4. The van der Waals surface area contributed by atoms with Crippen molar-refractivity contribution in [2.24, 2.45) is 0 Å². The van der Waals surface area contributed by atoms with E-state index in [0.717, 1.165) is 0 Å². The van der Waals surface area contributed by atoms with Crippen LogP contribution in [-0.4, -0.2) is 59.4 Å². The minimum atomic E-state index is -0.958. The zero-order chi connectivity index (χ0) is 13.0. The Morgan fingerprint density at radius 2 is 1.35 bits per heavy atom.